The van der Waals surface area contributed by atoms with E-state index >= 15 is 0 Å². The summed E-state index contributed by atoms with van der Waals surface area (Å²) in [6.07, 6.45) is 3.57. The number of amides is 2. The van der Waals surface area contributed by atoms with Crippen molar-refractivity contribution in [2.45, 2.75) is 24.2 Å². The third-order valence-electron chi connectivity index (χ3n) is 4.64. The molecule has 1 aromatic heterocycles. The lowest BCUT2D eigenvalue weighted by atomic mass is 9.97. The summed E-state index contributed by atoms with van der Waals surface area (Å²) in [5, 5.41) is 13.0. The number of rotatable bonds is 7. The molecular weight excluding hydrogens is 414 g/mol. The molecule has 156 valence electrons. The van der Waals surface area contributed by atoms with E-state index in [1.807, 2.05) is 0 Å². The maximum Gasteiger partial charge on any atom is 0.238 e. The topological polar surface area (TPSA) is 134 Å². The summed E-state index contributed by atoms with van der Waals surface area (Å²) in [4.78, 5) is 30.7. The second-order valence-corrected chi connectivity index (χ2v) is 9.29. The standard InChI is InChI=1S/C18H23N5O4S2/c19-29(26,27)15-5-1-4-14(11-15)21-16(24)6-9-23-8-2-3-13(12-23)17(25)22-18-20-7-10-28-18/h1,4-5,7,10-11,13H,2-3,6,8-9,12H2,(H,21,24)(H2,19,26,27)(H,20,22,25). The molecule has 4 N–H and O–H groups in total. The van der Waals surface area contributed by atoms with Crippen LogP contribution < -0.4 is 15.8 Å². The Bertz CT molecular complexity index is 962. The van der Waals surface area contributed by atoms with Crippen molar-refractivity contribution in [1.29, 1.82) is 0 Å². The first kappa shape index (κ1) is 21.4. The number of anilines is 2. The van der Waals surface area contributed by atoms with Crippen LogP contribution in [0.4, 0.5) is 10.8 Å². The molecule has 1 aromatic carbocycles. The molecule has 2 aromatic rings. The molecule has 9 nitrogen and oxygen atoms in total. The molecule has 0 bridgehead atoms. The third kappa shape index (κ3) is 6.32. The SMILES string of the molecule is NS(=O)(=O)c1cccc(NC(=O)CCN2CCCC(C(=O)Nc3nccs3)C2)c1. The largest absolute Gasteiger partial charge is 0.326 e. The van der Waals surface area contributed by atoms with Gasteiger partial charge in [-0.25, -0.2) is 18.5 Å². The van der Waals surface area contributed by atoms with Gasteiger partial charge in [0.2, 0.25) is 21.8 Å². The lowest BCUT2D eigenvalue weighted by Crippen LogP contribution is -2.41. The fourth-order valence-corrected chi connectivity index (χ4v) is 4.29. The van der Waals surface area contributed by atoms with Gasteiger partial charge in [0.05, 0.1) is 10.8 Å². The molecule has 0 spiro atoms. The summed E-state index contributed by atoms with van der Waals surface area (Å²) in [6.45, 7) is 1.93. The number of piperidine rings is 1. The molecule has 11 heteroatoms. The summed E-state index contributed by atoms with van der Waals surface area (Å²) < 4.78 is 22.8. The zero-order valence-electron chi connectivity index (χ0n) is 15.7. The van der Waals surface area contributed by atoms with Crippen LogP contribution in [-0.2, 0) is 19.6 Å². The number of benzene rings is 1. The highest BCUT2D eigenvalue weighted by Crippen LogP contribution is 2.20. The average molecular weight is 438 g/mol. The van der Waals surface area contributed by atoms with Gasteiger partial charge in [0.1, 0.15) is 0 Å². The van der Waals surface area contributed by atoms with E-state index in [1.165, 1.54) is 29.5 Å². The minimum atomic E-state index is -3.82. The number of carbonyl (C=O) groups excluding carboxylic acids is 2. The van der Waals surface area contributed by atoms with Gasteiger partial charge < -0.3 is 15.5 Å². The van der Waals surface area contributed by atoms with Gasteiger partial charge in [0.15, 0.2) is 5.13 Å². The van der Waals surface area contributed by atoms with Gasteiger partial charge in [-0.3, -0.25) is 9.59 Å². The van der Waals surface area contributed by atoms with E-state index in [0.717, 1.165) is 19.4 Å². The third-order valence-corrected chi connectivity index (χ3v) is 6.24. The van der Waals surface area contributed by atoms with Gasteiger partial charge >= 0.3 is 0 Å². The van der Waals surface area contributed by atoms with Crippen LogP contribution in [-0.4, -0.2) is 49.8 Å². The Kier molecular flexibility index (Phi) is 6.96. The molecule has 1 unspecified atom stereocenters. The van der Waals surface area contributed by atoms with E-state index in [0.29, 0.717) is 23.9 Å². The highest BCUT2D eigenvalue weighted by Gasteiger charge is 2.26. The summed E-state index contributed by atoms with van der Waals surface area (Å²) in [6, 6.07) is 5.82. The molecule has 2 heterocycles. The predicted molar refractivity (Wildman–Crippen MR) is 111 cm³/mol. The molecule has 1 aliphatic heterocycles. The van der Waals surface area contributed by atoms with Crippen LogP contribution in [0, 0.1) is 5.92 Å². The van der Waals surface area contributed by atoms with Gasteiger partial charge in [0, 0.05) is 36.8 Å². The van der Waals surface area contributed by atoms with Crippen LogP contribution in [0.5, 0.6) is 0 Å². The molecule has 1 saturated heterocycles. The number of primary sulfonamides is 1. The first-order valence-electron chi connectivity index (χ1n) is 9.17. The van der Waals surface area contributed by atoms with Crippen molar-refractivity contribution in [1.82, 2.24) is 9.88 Å². The minimum Gasteiger partial charge on any atom is -0.326 e. The van der Waals surface area contributed by atoms with Gasteiger partial charge in [-0.15, -0.1) is 11.3 Å². The normalized spacial score (nSPS) is 17.6. The summed E-state index contributed by atoms with van der Waals surface area (Å²) in [7, 11) is -3.82. The quantitative estimate of drug-likeness (QED) is 0.600. The lowest BCUT2D eigenvalue weighted by molar-refractivity contribution is -0.121. The lowest BCUT2D eigenvalue weighted by Gasteiger charge is -2.31. The first-order chi connectivity index (χ1) is 13.8. The number of hydrogen-bond acceptors (Lipinski definition) is 7. The number of aromatic nitrogens is 1. The highest BCUT2D eigenvalue weighted by molar-refractivity contribution is 7.89. The van der Waals surface area contributed by atoms with Crippen molar-refractivity contribution in [2.24, 2.45) is 11.1 Å². The fourth-order valence-electron chi connectivity index (χ4n) is 3.20. The summed E-state index contributed by atoms with van der Waals surface area (Å²) in [5.41, 5.74) is 0.376. The van der Waals surface area contributed by atoms with Gasteiger partial charge in [-0.1, -0.05) is 6.07 Å². The maximum absolute atomic E-state index is 12.4. The van der Waals surface area contributed by atoms with Crippen molar-refractivity contribution in [2.75, 3.05) is 30.3 Å². The van der Waals surface area contributed by atoms with Crippen molar-refractivity contribution in [3.05, 3.63) is 35.8 Å². The first-order valence-corrected chi connectivity index (χ1v) is 11.6. The minimum absolute atomic E-state index is 0.0473. The van der Waals surface area contributed by atoms with Crippen LogP contribution in [0.1, 0.15) is 19.3 Å². The number of nitrogens with one attached hydrogen (secondary N) is 2. The van der Waals surface area contributed by atoms with E-state index in [-0.39, 0.29) is 29.0 Å². The second kappa shape index (κ2) is 9.44. The number of thiazole rings is 1. The van der Waals surface area contributed by atoms with Gasteiger partial charge in [-0.05, 0) is 37.6 Å². The van der Waals surface area contributed by atoms with E-state index < -0.39 is 10.0 Å². The molecule has 2 amide bonds. The molecule has 1 aliphatic rings. The molecule has 3 rings (SSSR count). The number of carbonyl (C=O) groups is 2. The molecule has 0 radical (unpaired) electrons. The van der Waals surface area contributed by atoms with Crippen LogP contribution in [0.15, 0.2) is 40.7 Å². The Labute approximate surface area is 173 Å². The molecule has 0 aliphatic carbocycles. The Morgan fingerprint density at radius 3 is 2.86 bits per heavy atom. The van der Waals surface area contributed by atoms with Crippen LogP contribution in [0.2, 0.25) is 0 Å². The Morgan fingerprint density at radius 1 is 1.31 bits per heavy atom. The van der Waals surface area contributed by atoms with E-state index in [9.17, 15) is 18.0 Å². The smallest absolute Gasteiger partial charge is 0.238 e. The molecule has 29 heavy (non-hydrogen) atoms. The number of hydrogen-bond donors (Lipinski definition) is 3. The van der Waals surface area contributed by atoms with Crippen molar-refractivity contribution >= 4 is 44.0 Å². The predicted octanol–water partition coefficient (Wildman–Crippen LogP) is 1.47. The van der Waals surface area contributed by atoms with E-state index in [4.69, 9.17) is 5.14 Å². The Hall–Kier alpha value is -2.34. The van der Waals surface area contributed by atoms with E-state index in [2.05, 4.69) is 20.5 Å². The highest BCUT2D eigenvalue weighted by atomic mass is 32.2. The van der Waals surface area contributed by atoms with Gasteiger partial charge in [-0.2, -0.15) is 0 Å². The summed E-state index contributed by atoms with van der Waals surface area (Å²) >= 11 is 1.38. The number of nitrogens with two attached hydrogens (primary N) is 1. The maximum atomic E-state index is 12.4. The van der Waals surface area contributed by atoms with Crippen molar-refractivity contribution < 1.29 is 18.0 Å². The summed E-state index contributed by atoms with van der Waals surface area (Å²) in [5.74, 6) is -0.415. The second-order valence-electron chi connectivity index (χ2n) is 6.84. The van der Waals surface area contributed by atoms with Crippen LogP contribution >= 0.6 is 11.3 Å². The zero-order chi connectivity index (χ0) is 20.9. The van der Waals surface area contributed by atoms with E-state index in [1.54, 1.807) is 17.6 Å². The monoisotopic (exact) mass is 437 g/mol. The molecular formula is C18H23N5O4S2. The molecule has 1 fully saturated rings. The number of sulfonamides is 1. The average Bonchev–Trinajstić information content (AvgIpc) is 3.19. The Balaban J connectivity index is 1.48. The zero-order valence-corrected chi connectivity index (χ0v) is 17.3. The van der Waals surface area contributed by atoms with Crippen LogP contribution in [0.25, 0.3) is 0 Å². The van der Waals surface area contributed by atoms with Gasteiger partial charge in [0.25, 0.3) is 0 Å². The Morgan fingerprint density at radius 2 is 2.14 bits per heavy atom. The number of nitrogens with zero attached hydrogens (tertiary/aromatic N) is 2. The molecule has 0 saturated carbocycles. The molecule has 1 atom stereocenters. The fraction of sp³-hybridized carbons (Fsp3) is 0.389. The van der Waals surface area contributed by atoms with Crippen molar-refractivity contribution in [3.63, 3.8) is 0 Å². The van der Waals surface area contributed by atoms with Crippen molar-refractivity contribution in [3.8, 4) is 0 Å². The number of likely N-dealkylation sites (tertiary alicyclic amines) is 1. The van der Waals surface area contributed by atoms with Crippen LogP contribution in [0.3, 0.4) is 0 Å².